The van der Waals surface area contributed by atoms with Gasteiger partial charge in [-0.15, -0.1) is 0 Å². The fraction of sp³-hybridized carbons (Fsp3) is 0.133. The predicted octanol–water partition coefficient (Wildman–Crippen LogP) is 5.10. The maximum Gasteiger partial charge on any atom is 0.417 e. The molecule has 1 aromatic carbocycles. The van der Waals surface area contributed by atoms with Crippen molar-refractivity contribution in [2.75, 3.05) is 0 Å². The molecule has 0 saturated heterocycles. The van der Waals surface area contributed by atoms with Gasteiger partial charge in [0.2, 0.25) is 0 Å². The lowest BCUT2D eigenvalue weighted by Gasteiger charge is -2.08. The van der Waals surface area contributed by atoms with E-state index in [1.165, 1.54) is 0 Å². The zero-order valence-corrected chi connectivity index (χ0v) is 13.5. The summed E-state index contributed by atoms with van der Waals surface area (Å²) in [6.07, 6.45) is -3.72. The highest BCUT2D eigenvalue weighted by Crippen LogP contribution is 2.34. The number of halogens is 4. The molecule has 0 aliphatic carbocycles. The molecule has 0 saturated carbocycles. The zero-order chi connectivity index (χ0) is 17.2. The first-order valence-electron chi connectivity index (χ1n) is 6.67. The van der Waals surface area contributed by atoms with Gasteiger partial charge in [0.1, 0.15) is 5.03 Å². The van der Waals surface area contributed by atoms with Gasteiger partial charge in [-0.2, -0.15) is 18.2 Å². The Bertz CT molecular complexity index is 839. The van der Waals surface area contributed by atoms with E-state index in [1.54, 1.807) is 0 Å². The summed E-state index contributed by atoms with van der Waals surface area (Å²) in [5, 5.41) is 4.04. The number of hydrogen-bond acceptors (Lipinski definition) is 5. The first-order valence-corrected chi connectivity index (χ1v) is 8.03. The van der Waals surface area contributed by atoms with Gasteiger partial charge in [0.25, 0.3) is 5.89 Å². The van der Waals surface area contributed by atoms with Crippen molar-refractivity contribution >= 4 is 23.4 Å². The third-order valence-electron chi connectivity index (χ3n) is 2.96. The van der Waals surface area contributed by atoms with Crippen molar-refractivity contribution in [2.24, 2.45) is 0 Å². The molecular formula is C15H9ClF3N3OS. The second-order valence-electron chi connectivity index (χ2n) is 4.68. The Hall–Kier alpha value is -2.06. The molecule has 0 unspecified atom stereocenters. The number of benzene rings is 1. The first-order chi connectivity index (χ1) is 11.4. The molecule has 0 bridgehead atoms. The van der Waals surface area contributed by atoms with Crippen LogP contribution in [0.3, 0.4) is 0 Å². The Morgan fingerprint density at radius 1 is 1.17 bits per heavy atom. The molecule has 0 aliphatic rings. The summed E-state index contributed by atoms with van der Waals surface area (Å²) in [7, 11) is 0. The third-order valence-corrected chi connectivity index (χ3v) is 4.36. The summed E-state index contributed by atoms with van der Waals surface area (Å²) in [5.41, 5.74) is -0.102. The topological polar surface area (TPSA) is 51.8 Å². The molecule has 0 fully saturated rings. The summed E-state index contributed by atoms with van der Waals surface area (Å²) in [4.78, 5) is 7.98. The normalized spacial score (nSPS) is 11.7. The molecule has 0 atom stereocenters. The van der Waals surface area contributed by atoms with Crippen LogP contribution in [0.15, 0.2) is 52.1 Å². The average Bonchev–Trinajstić information content (AvgIpc) is 3.02. The van der Waals surface area contributed by atoms with Gasteiger partial charge < -0.3 is 4.52 Å². The molecule has 2 heterocycles. The van der Waals surface area contributed by atoms with E-state index in [2.05, 4.69) is 15.1 Å². The van der Waals surface area contributed by atoms with Crippen molar-refractivity contribution in [3.8, 4) is 11.5 Å². The SMILES string of the molecule is FC(F)(F)c1cnc(SCc2noc(-c3ccccc3)n2)c(Cl)c1. The Morgan fingerprint density at radius 3 is 2.58 bits per heavy atom. The zero-order valence-electron chi connectivity index (χ0n) is 11.9. The van der Waals surface area contributed by atoms with E-state index in [9.17, 15) is 13.2 Å². The molecule has 124 valence electrons. The van der Waals surface area contributed by atoms with Crippen molar-refractivity contribution in [3.63, 3.8) is 0 Å². The molecule has 4 nitrogen and oxygen atoms in total. The van der Waals surface area contributed by atoms with Crippen molar-refractivity contribution in [1.29, 1.82) is 0 Å². The first kappa shape index (κ1) is 16.8. The second kappa shape index (κ2) is 6.82. The van der Waals surface area contributed by atoms with Gasteiger partial charge in [0, 0.05) is 11.8 Å². The molecule has 0 aliphatic heterocycles. The van der Waals surface area contributed by atoms with E-state index in [1.807, 2.05) is 30.3 Å². The van der Waals surface area contributed by atoms with Crippen LogP contribution in [0.4, 0.5) is 13.2 Å². The summed E-state index contributed by atoms with van der Waals surface area (Å²) >= 11 is 6.99. The van der Waals surface area contributed by atoms with Crippen LogP contribution in [0, 0.1) is 0 Å². The van der Waals surface area contributed by atoms with E-state index in [0.717, 1.165) is 29.6 Å². The number of nitrogens with zero attached hydrogens (tertiary/aromatic N) is 3. The Kier molecular flexibility index (Phi) is 4.77. The van der Waals surface area contributed by atoms with Crippen molar-refractivity contribution in [2.45, 2.75) is 17.0 Å². The summed E-state index contributed by atoms with van der Waals surface area (Å²) < 4.78 is 42.9. The smallest absolute Gasteiger partial charge is 0.334 e. The number of alkyl halides is 3. The van der Waals surface area contributed by atoms with E-state index < -0.39 is 11.7 Å². The molecule has 9 heteroatoms. The Balaban J connectivity index is 1.69. The number of hydrogen-bond donors (Lipinski definition) is 0. The van der Waals surface area contributed by atoms with Crippen molar-refractivity contribution < 1.29 is 17.7 Å². The highest BCUT2D eigenvalue weighted by atomic mass is 35.5. The quantitative estimate of drug-likeness (QED) is 0.597. The van der Waals surface area contributed by atoms with Gasteiger partial charge in [-0.05, 0) is 18.2 Å². The fourth-order valence-electron chi connectivity index (χ4n) is 1.83. The number of aromatic nitrogens is 3. The highest BCUT2D eigenvalue weighted by molar-refractivity contribution is 7.98. The van der Waals surface area contributed by atoms with Crippen LogP contribution >= 0.6 is 23.4 Å². The van der Waals surface area contributed by atoms with Gasteiger partial charge >= 0.3 is 6.18 Å². The maximum absolute atomic E-state index is 12.6. The Morgan fingerprint density at radius 2 is 1.92 bits per heavy atom. The Labute approximate surface area is 144 Å². The molecule has 0 spiro atoms. The predicted molar refractivity (Wildman–Crippen MR) is 83.5 cm³/mol. The fourth-order valence-corrected chi connectivity index (χ4v) is 2.87. The van der Waals surface area contributed by atoms with Crippen LogP contribution in [-0.2, 0) is 11.9 Å². The monoisotopic (exact) mass is 371 g/mol. The van der Waals surface area contributed by atoms with Crippen molar-refractivity contribution in [1.82, 2.24) is 15.1 Å². The molecule has 0 N–H and O–H groups in total. The summed E-state index contributed by atoms with van der Waals surface area (Å²) in [6.45, 7) is 0. The maximum atomic E-state index is 12.6. The van der Waals surface area contributed by atoms with E-state index >= 15 is 0 Å². The van der Waals surface area contributed by atoms with Gasteiger partial charge in [-0.3, -0.25) is 0 Å². The van der Waals surface area contributed by atoms with Gasteiger partial charge in [0.15, 0.2) is 5.82 Å². The average molecular weight is 372 g/mol. The lowest BCUT2D eigenvalue weighted by molar-refractivity contribution is -0.137. The molecular weight excluding hydrogens is 363 g/mol. The molecule has 3 aromatic rings. The molecule has 0 amide bonds. The van der Waals surface area contributed by atoms with Crippen LogP contribution in [0.1, 0.15) is 11.4 Å². The van der Waals surface area contributed by atoms with Crippen LogP contribution in [0.5, 0.6) is 0 Å². The minimum absolute atomic E-state index is 0.0680. The van der Waals surface area contributed by atoms with E-state index in [4.69, 9.17) is 16.1 Å². The highest BCUT2D eigenvalue weighted by Gasteiger charge is 2.31. The molecule has 3 rings (SSSR count). The van der Waals surface area contributed by atoms with Gasteiger partial charge in [-0.25, -0.2) is 4.98 Å². The lowest BCUT2D eigenvalue weighted by Crippen LogP contribution is -2.05. The number of pyridine rings is 1. The van der Waals surface area contributed by atoms with Crippen LogP contribution in [0.25, 0.3) is 11.5 Å². The standard InChI is InChI=1S/C15H9ClF3N3OS/c16-11-6-10(15(17,18)19)7-20-14(11)24-8-12-21-13(23-22-12)9-4-2-1-3-5-9/h1-7H,8H2. The van der Waals surface area contributed by atoms with Crippen molar-refractivity contribution in [3.05, 3.63) is 59.0 Å². The minimum Gasteiger partial charge on any atom is -0.334 e. The van der Waals surface area contributed by atoms with Crippen LogP contribution in [-0.4, -0.2) is 15.1 Å². The van der Waals surface area contributed by atoms with E-state index in [-0.39, 0.29) is 15.8 Å². The lowest BCUT2D eigenvalue weighted by atomic mass is 10.2. The summed E-state index contributed by atoms with van der Waals surface area (Å²) in [6, 6.07) is 10.1. The third kappa shape index (κ3) is 3.88. The van der Waals surface area contributed by atoms with Crippen LogP contribution in [0.2, 0.25) is 5.02 Å². The minimum atomic E-state index is -4.47. The number of thioether (sulfide) groups is 1. The second-order valence-corrected chi connectivity index (χ2v) is 6.05. The molecule has 0 radical (unpaired) electrons. The largest absolute Gasteiger partial charge is 0.417 e. The summed E-state index contributed by atoms with van der Waals surface area (Å²) in [5.74, 6) is 1.04. The van der Waals surface area contributed by atoms with Crippen LogP contribution < -0.4 is 0 Å². The number of rotatable bonds is 4. The molecule has 2 aromatic heterocycles. The van der Waals surface area contributed by atoms with Gasteiger partial charge in [0.05, 0.1) is 16.3 Å². The van der Waals surface area contributed by atoms with Gasteiger partial charge in [-0.1, -0.05) is 46.7 Å². The van der Waals surface area contributed by atoms with E-state index in [0.29, 0.717) is 11.7 Å². The molecule has 24 heavy (non-hydrogen) atoms.